The molecule has 1 heterocycles. The Morgan fingerprint density at radius 3 is 2.39 bits per heavy atom. The predicted molar refractivity (Wildman–Crippen MR) is 104 cm³/mol. The van der Waals surface area contributed by atoms with Crippen LogP contribution in [-0.4, -0.2) is 9.97 Å². The van der Waals surface area contributed by atoms with Gasteiger partial charge in [0.15, 0.2) is 5.16 Å². The molecule has 0 atom stereocenters. The first-order valence-electron chi connectivity index (χ1n) is 8.68. The van der Waals surface area contributed by atoms with Crippen molar-refractivity contribution in [2.24, 2.45) is 0 Å². The van der Waals surface area contributed by atoms with Gasteiger partial charge in [0.25, 0.3) is 5.56 Å². The van der Waals surface area contributed by atoms with Crippen molar-refractivity contribution in [2.45, 2.75) is 30.7 Å². The Morgan fingerprint density at radius 1 is 1.11 bits per heavy atom. The molecule has 0 fully saturated rings. The van der Waals surface area contributed by atoms with Crippen LogP contribution < -0.4 is 5.56 Å². The van der Waals surface area contributed by atoms with E-state index in [2.05, 4.69) is 16.0 Å². The number of halogens is 2. The number of rotatable bonds is 6. The van der Waals surface area contributed by atoms with Crippen LogP contribution in [0.1, 0.15) is 34.9 Å². The summed E-state index contributed by atoms with van der Waals surface area (Å²) in [4.78, 5) is 19.6. The normalized spacial score (nSPS) is 10.6. The van der Waals surface area contributed by atoms with E-state index in [0.29, 0.717) is 34.2 Å². The highest BCUT2D eigenvalue weighted by Gasteiger charge is 2.16. The minimum absolute atomic E-state index is 0.0873. The van der Waals surface area contributed by atoms with Gasteiger partial charge in [-0.2, -0.15) is 5.26 Å². The number of aromatic nitrogens is 2. The summed E-state index contributed by atoms with van der Waals surface area (Å²) in [7, 11) is 0. The third-order valence-corrected chi connectivity index (χ3v) is 5.24. The Morgan fingerprint density at radius 2 is 1.79 bits per heavy atom. The van der Waals surface area contributed by atoms with E-state index in [0.717, 1.165) is 5.56 Å². The SMILES string of the molecule is CCc1c(Cc2c(F)cccc2F)nc(SCc2ccc(C#N)cc2)[nH]c1=O. The van der Waals surface area contributed by atoms with Crippen molar-refractivity contribution in [2.75, 3.05) is 0 Å². The first-order valence-corrected chi connectivity index (χ1v) is 9.67. The topological polar surface area (TPSA) is 69.5 Å². The molecule has 28 heavy (non-hydrogen) atoms. The lowest BCUT2D eigenvalue weighted by Crippen LogP contribution is -2.19. The lowest BCUT2D eigenvalue weighted by atomic mass is 10.0. The molecular formula is C21H17F2N3OS. The van der Waals surface area contributed by atoms with Gasteiger partial charge in [-0.05, 0) is 36.2 Å². The molecule has 7 heteroatoms. The third kappa shape index (κ3) is 4.46. The molecule has 0 aliphatic heterocycles. The average Bonchev–Trinajstić information content (AvgIpc) is 2.69. The number of thioether (sulfide) groups is 1. The minimum Gasteiger partial charge on any atom is -0.301 e. The minimum atomic E-state index is -0.657. The molecule has 2 aromatic carbocycles. The molecule has 0 aliphatic rings. The Kier molecular flexibility index (Phi) is 6.22. The van der Waals surface area contributed by atoms with Gasteiger partial charge in [-0.1, -0.05) is 36.9 Å². The van der Waals surface area contributed by atoms with Gasteiger partial charge in [0.2, 0.25) is 0 Å². The van der Waals surface area contributed by atoms with Crippen molar-refractivity contribution in [1.82, 2.24) is 9.97 Å². The predicted octanol–water partition coefficient (Wildman–Crippen LogP) is 4.37. The second-order valence-corrected chi connectivity index (χ2v) is 7.09. The summed E-state index contributed by atoms with van der Waals surface area (Å²) in [6.07, 6.45) is 0.324. The van der Waals surface area contributed by atoms with E-state index < -0.39 is 11.6 Å². The molecule has 0 bridgehead atoms. The van der Waals surface area contributed by atoms with Gasteiger partial charge in [0, 0.05) is 23.3 Å². The third-order valence-electron chi connectivity index (χ3n) is 4.30. The second-order valence-electron chi connectivity index (χ2n) is 6.12. The first kappa shape index (κ1) is 19.8. The van der Waals surface area contributed by atoms with Crippen LogP contribution in [0.3, 0.4) is 0 Å². The highest BCUT2D eigenvalue weighted by molar-refractivity contribution is 7.98. The molecule has 0 aliphatic carbocycles. The van der Waals surface area contributed by atoms with Gasteiger partial charge < -0.3 is 4.98 Å². The molecule has 3 rings (SSSR count). The van der Waals surface area contributed by atoms with E-state index in [1.54, 1.807) is 19.1 Å². The quantitative estimate of drug-likeness (QED) is 0.495. The van der Waals surface area contributed by atoms with Crippen LogP contribution in [0.15, 0.2) is 52.4 Å². The number of nitriles is 1. The smallest absolute Gasteiger partial charge is 0.254 e. The summed E-state index contributed by atoms with van der Waals surface area (Å²) < 4.78 is 28.0. The summed E-state index contributed by atoms with van der Waals surface area (Å²) in [6, 6.07) is 12.9. The number of aromatic amines is 1. The second kappa shape index (κ2) is 8.81. The molecule has 142 valence electrons. The molecular weight excluding hydrogens is 380 g/mol. The molecule has 0 saturated heterocycles. The standard InChI is InChI=1S/C21H17F2N3OS/c1-2-15-19(10-16-17(22)4-3-5-18(16)23)25-21(26-20(15)27)28-12-14-8-6-13(11-24)7-9-14/h3-9H,2,10,12H2,1H3,(H,25,26,27). The zero-order valence-corrected chi connectivity index (χ0v) is 15.9. The maximum Gasteiger partial charge on any atom is 0.254 e. The molecule has 0 unspecified atom stereocenters. The van der Waals surface area contributed by atoms with E-state index in [9.17, 15) is 13.6 Å². The maximum absolute atomic E-state index is 14.0. The largest absolute Gasteiger partial charge is 0.301 e. The lowest BCUT2D eigenvalue weighted by molar-refractivity contribution is 0.559. The van der Waals surface area contributed by atoms with Gasteiger partial charge >= 0.3 is 0 Å². The number of benzene rings is 2. The van der Waals surface area contributed by atoms with Gasteiger partial charge in [-0.3, -0.25) is 4.79 Å². The monoisotopic (exact) mass is 397 g/mol. The van der Waals surface area contributed by atoms with E-state index in [-0.39, 0.29) is 17.5 Å². The fraction of sp³-hybridized carbons (Fsp3) is 0.190. The number of H-pyrrole nitrogens is 1. The van der Waals surface area contributed by atoms with Crippen molar-refractivity contribution in [3.8, 4) is 6.07 Å². The molecule has 1 N–H and O–H groups in total. The fourth-order valence-electron chi connectivity index (χ4n) is 2.80. The van der Waals surface area contributed by atoms with Crippen LogP contribution in [0.5, 0.6) is 0 Å². The van der Waals surface area contributed by atoms with Crippen LogP contribution in [0.25, 0.3) is 0 Å². The van der Waals surface area contributed by atoms with E-state index in [1.165, 1.54) is 30.0 Å². The molecule has 3 aromatic rings. The average molecular weight is 397 g/mol. The van der Waals surface area contributed by atoms with Crippen molar-refractivity contribution in [3.05, 3.63) is 92.4 Å². The van der Waals surface area contributed by atoms with Crippen LogP contribution in [0.2, 0.25) is 0 Å². The fourth-order valence-corrected chi connectivity index (χ4v) is 3.63. The summed E-state index contributed by atoms with van der Waals surface area (Å²) in [6.45, 7) is 1.80. The Balaban J connectivity index is 1.87. The van der Waals surface area contributed by atoms with Crippen molar-refractivity contribution in [3.63, 3.8) is 0 Å². The van der Waals surface area contributed by atoms with Gasteiger partial charge in [0.05, 0.1) is 17.3 Å². The van der Waals surface area contributed by atoms with Crippen LogP contribution >= 0.6 is 11.8 Å². The van der Waals surface area contributed by atoms with E-state index >= 15 is 0 Å². The maximum atomic E-state index is 14.0. The number of nitrogens with one attached hydrogen (secondary N) is 1. The summed E-state index contributed by atoms with van der Waals surface area (Å²) in [5.41, 5.74) is 1.93. The Bertz CT molecular complexity index is 1070. The highest BCUT2D eigenvalue weighted by Crippen LogP contribution is 2.22. The Labute approximate surface area is 165 Å². The number of hydrogen-bond acceptors (Lipinski definition) is 4. The van der Waals surface area contributed by atoms with Crippen molar-refractivity contribution >= 4 is 11.8 Å². The van der Waals surface area contributed by atoms with Crippen LogP contribution in [0, 0.1) is 23.0 Å². The summed E-state index contributed by atoms with van der Waals surface area (Å²) >= 11 is 1.32. The molecule has 0 saturated carbocycles. The van der Waals surface area contributed by atoms with E-state index in [1.807, 2.05) is 12.1 Å². The molecule has 0 radical (unpaired) electrons. The van der Waals surface area contributed by atoms with Crippen molar-refractivity contribution < 1.29 is 8.78 Å². The molecule has 4 nitrogen and oxygen atoms in total. The highest BCUT2D eigenvalue weighted by atomic mass is 32.2. The van der Waals surface area contributed by atoms with Gasteiger partial charge in [-0.25, -0.2) is 13.8 Å². The Hall–Kier alpha value is -2.98. The van der Waals surface area contributed by atoms with E-state index in [4.69, 9.17) is 5.26 Å². The first-order chi connectivity index (χ1) is 13.5. The lowest BCUT2D eigenvalue weighted by Gasteiger charge is -2.10. The zero-order valence-electron chi connectivity index (χ0n) is 15.1. The van der Waals surface area contributed by atoms with Crippen molar-refractivity contribution in [1.29, 1.82) is 5.26 Å². The van der Waals surface area contributed by atoms with Crippen LogP contribution in [-0.2, 0) is 18.6 Å². The number of nitrogens with zero attached hydrogens (tertiary/aromatic N) is 2. The molecule has 0 spiro atoms. The van der Waals surface area contributed by atoms with Crippen LogP contribution in [0.4, 0.5) is 8.78 Å². The van der Waals surface area contributed by atoms with Gasteiger partial charge in [-0.15, -0.1) is 0 Å². The summed E-state index contributed by atoms with van der Waals surface area (Å²) in [5, 5.41) is 9.24. The van der Waals surface area contributed by atoms with Gasteiger partial charge in [0.1, 0.15) is 11.6 Å². The zero-order chi connectivity index (χ0) is 20.1. The number of hydrogen-bond donors (Lipinski definition) is 1. The molecule has 0 amide bonds. The summed E-state index contributed by atoms with van der Waals surface area (Å²) in [5.74, 6) is -0.778. The molecule has 1 aromatic heterocycles.